The molecular weight excluding hydrogens is 332 g/mol. The highest BCUT2D eigenvalue weighted by molar-refractivity contribution is 7.80. The molecular formula is C20H22N2S2. The van der Waals surface area contributed by atoms with Crippen LogP contribution in [0, 0.1) is 0 Å². The topological polar surface area (TPSA) is 24.1 Å². The van der Waals surface area contributed by atoms with Crippen molar-refractivity contribution in [2.45, 2.75) is 32.7 Å². The smallest absolute Gasteiger partial charge is 0.171 e. The van der Waals surface area contributed by atoms with Gasteiger partial charge in [-0.1, -0.05) is 43.7 Å². The van der Waals surface area contributed by atoms with Crippen LogP contribution in [0.4, 0.5) is 5.69 Å². The van der Waals surface area contributed by atoms with E-state index >= 15 is 0 Å². The van der Waals surface area contributed by atoms with E-state index < -0.39 is 0 Å². The average Bonchev–Trinajstić information content (AvgIpc) is 3.03. The summed E-state index contributed by atoms with van der Waals surface area (Å²) >= 11 is 7.19. The Bertz CT molecular complexity index is 806. The summed E-state index contributed by atoms with van der Waals surface area (Å²) in [5.74, 6) is 0. The molecule has 4 heteroatoms. The normalized spacial score (nSPS) is 10.7. The molecule has 1 heterocycles. The number of hydrogen-bond donors (Lipinski definition) is 2. The fourth-order valence-corrected chi connectivity index (χ4v) is 3.81. The van der Waals surface area contributed by atoms with Crippen LogP contribution in [0.25, 0.3) is 10.1 Å². The monoisotopic (exact) mass is 354 g/mol. The zero-order valence-electron chi connectivity index (χ0n) is 13.8. The van der Waals surface area contributed by atoms with Gasteiger partial charge in [0.15, 0.2) is 5.11 Å². The van der Waals surface area contributed by atoms with Crippen molar-refractivity contribution < 1.29 is 0 Å². The minimum Gasteiger partial charge on any atom is -0.358 e. The number of benzene rings is 2. The second-order valence-corrected chi connectivity index (χ2v) is 7.18. The van der Waals surface area contributed by atoms with Crippen LogP contribution in [0.1, 0.15) is 30.9 Å². The molecule has 2 N–H and O–H groups in total. The average molecular weight is 355 g/mol. The molecule has 0 saturated carbocycles. The van der Waals surface area contributed by atoms with E-state index in [0.29, 0.717) is 5.11 Å². The molecule has 0 spiro atoms. The Morgan fingerprint density at radius 3 is 2.67 bits per heavy atom. The molecule has 3 rings (SSSR count). The van der Waals surface area contributed by atoms with Crippen molar-refractivity contribution in [3.8, 4) is 0 Å². The van der Waals surface area contributed by atoms with Crippen LogP contribution in [0.5, 0.6) is 0 Å². The predicted molar refractivity (Wildman–Crippen MR) is 110 cm³/mol. The molecule has 124 valence electrons. The van der Waals surface area contributed by atoms with Crippen LogP contribution < -0.4 is 10.6 Å². The van der Waals surface area contributed by atoms with Crippen molar-refractivity contribution >= 4 is 44.4 Å². The van der Waals surface area contributed by atoms with Gasteiger partial charge in [0.2, 0.25) is 0 Å². The zero-order valence-corrected chi connectivity index (χ0v) is 15.5. The summed E-state index contributed by atoms with van der Waals surface area (Å²) in [6.45, 7) is 2.96. The van der Waals surface area contributed by atoms with E-state index in [4.69, 9.17) is 12.2 Å². The standard InChI is InChI=1S/C20H22N2S2/c1-2-3-6-15-9-11-17(12-10-15)22-20(23)21-13-16-14-24-19-8-5-4-7-18(16)19/h4-5,7-12,14H,2-3,6,13H2,1H3,(H2,21,22,23). The number of fused-ring (bicyclic) bond motifs is 1. The third-order valence-corrected chi connectivity index (χ3v) is 5.29. The number of anilines is 1. The molecule has 0 radical (unpaired) electrons. The fourth-order valence-electron chi connectivity index (χ4n) is 2.66. The first-order valence-electron chi connectivity index (χ1n) is 8.35. The lowest BCUT2D eigenvalue weighted by Gasteiger charge is -2.11. The number of thiophene rings is 1. The van der Waals surface area contributed by atoms with Crippen molar-refractivity contribution in [1.29, 1.82) is 0 Å². The van der Waals surface area contributed by atoms with Crippen molar-refractivity contribution in [2.75, 3.05) is 5.32 Å². The van der Waals surface area contributed by atoms with Gasteiger partial charge in [-0.2, -0.15) is 0 Å². The van der Waals surface area contributed by atoms with E-state index in [2.05, 4.69) is 71.5 Å². The Labute approximate surface area is 152 Å². The van der Waals surface area contributed by atoms with E-state index in [1.54, 1.807) is 11.3 Å². The summed E-state index contributed by atoms with van der Waals surface area (Å²) in [6.07, 6.45) is 3.61. The maximum atomic E-state index is 5.42. The summed E-state index contributed by atoms with van der Waals surface area (Å²) in [4.78, 5) is 0. The van der Waals surface area contributed by atoms with Gasteiger partial charge in [0.05, 0.1) is 0 Å². The lowest BCUT2D eigenvalue weighted by atomic mass is 10.1. The first kappa shape index (κ1) is 16.9. The molecule has 0 fully saturated rings. The third kappa shape index (κ3) is 4.34. The molecule has 2 aromatic carbocycles. The lowest BCUT2D eigenvalue weighted by molar-refractivity contribution is 0.795. The largest absolute Gasteiger partial charge is 0.358 e. The van der Waals surface area contributed by atoms with Crippen LogP contribution in [-0.2, 0) is 13.0 Å². The van der Waals surface area contributed by atoms with Gasteiger partial charge >= 0.3 is 0 Å². The third-order valence-electron chi connectivity index (χ3n) is 4.03. The van der Waals surface area contributed by atoms with Gasteiger partial charge in [-0.05, 0) is 65.2 Å². The SMILES string of the molecule is CCCCc1ccc(NC(=S)NCc2csc3ccccc23)cc1. The number of nitrogens with one attached hydrogen (secondary N) is 2. The molecule has 0 aliphatic rings. The number of rotatable bonds is 6. The molecule has 0 amide bonds. The zero-order chi connectivity index (χ0) is 16.8. The Balaban J connectivity index is 1.54. The summed E-state index contributed by atoms with van der Waals surface area (Å²) in [5.41, 5.74) is 3.70. The predicted octanol–water partition coefficient (Wildman–Crippen LogP) is 5.73. The number of hydrogen-bond acceptors (Lipinski definition) is 2. The van der Waals surface area contributed by atoms with Crippen molar-refractivity contribution in [3.63, 3.8) is 0 Å². The van der Waals surface area contributed by atoms with Crippen molar-refractivity contribution in [1.82, 2.24) is 5.32 Å². The number of thiocarbonyl (C=S) groups is 1. The van der Waals surface area contributed by atoms with Gasteiger partial charge in [0.1, 0.15) is 0 Å². The second kappa shape index (κ2) is 8.27. The Hall–Kier alpha value is -1.91. The Kier molecular flexibility index (Phi) is 5.83. The molecule has 24 heavy (non-hydrogen) atoms. The second-order valence-electron chi connectivity index (χ2n) is 5.87. The summed E-state index contributed by atoms with van der Waals surface area (Å²) in [5, 5.41) is 10.7. The highest BCUT2D eigenvalue weighted by Crippen LogP contribution is 2.25. The van der Waals surface area contributed by atoms with E-state index in [9.17, 15) is 0 Å². The Morgan fingerprint density at radius 2 is 1.88 bits per heavy atom. The summed E-state index contributed by atoms with van der Waals surface area (Å²) in [7, 11) is 0. The van der Waals surface area contributed by atoms with Crippen molar-refractivity contribution in [2.24, 2.45) is 0 Å². The van der Waals surface area contributed by atoms with Crippen molar-refractivity contribution in [3.05, 3.63) is 65.0 Å². The van der Waals surface area contributed by atoms with Gasteiger partial charge in [0.25, 0.3) is 0 Å². The van der Waals surface area contributed by atoms with Crippen LogP contribution >= 0.6 is 23.6 Å². The summed E-state index contributed by atoms with van der Waals surface area (Å²) < 4.78 is 1.32. The molecule has 0 atom stereocenters. The van der Waals surface area contributed by atoms with E-state index in [-0.39, 0.29) is 0 Å². The fraction of sp³-hybridized carbons (Fsp3) is 0.250. The van der Waals surface area contributed by atoms with Crippen LogP contribution in [0.2, 0.25) is 0 Å². The molecule has 2 nitrogen and oxygen atoms in total. The maximum Gasteiger partial charge on any atom is 0.171 e. The van der Waals surface area contributed by atoms with Crippen LogP contribution in [0.15, 0.2) is 53.9 Å². The minimum absolute atomic E-state index is 0.659. The van der Waals surface area contributed by atoms with Gasteiger partial charge < -0.3 is 10.6 Å². The highest BCUT2D eigenvalue weighted by Gasteiger charge is 2.04. The van der Waals surface area contributed by atoms with E-state index in [1.165, 1.54) is 34.1 Å². The number of aryl methyl sites for hydroxylation is 1. The lowest BCUT2D eigenvalue weighted by Crippen LogP contribution is -2.27. The van der Waals surface area contributed by atoms with E-state index in [0.717, 1.165) is 18.7 Å². The Morgan fingerprint density at radius 1 is 1.08 bits per heavy atom. The van der Waals surface area contributed by atoms with Crippen LogP contribution in [-0.4, -0.2) is 5.11 Å². The first-order valence-corrected chi connectivity index (χ1v) is 9.64. The van der Waals surface area contributed by atoms with Gasteiger partial charge in [0, 0.05) is 16.9 Å². The number of unbranched alkanes of at least 4 members (excludes halogenated alkanes) is 1. The highest BCUT2D eigenvalue weighted by atomic mass is 32.1. The summed E-state index contributed by atoms with van der Waals surface area (Å²) in [6, 6.07) is 17.0. The molecule has 0 aliphatic carbocycles. The van der Waals surface area contributed by atoms with Crippen LogP contribution in [0.3, 0.4) is 0 Å². The van der Waals surface area contributed by atoms with Gasteiger partial charge in [-0.25, -0.2) is 0 Å². The molecule has 0 aliphatic heterocycles. The molecule has 1 aromatic heterocycles. The molecule has 0 saturated heterocycles. The van der Waals surface area contributed by atoms with E-state index in [1.807, 2.05) is 0 Å². The quantitative estimate of drug-likeness (QED) is 0.553. The van der Waals surface area contributed by atoms with Gasteiger partial charge in [-0.15, -0.1) is 11.3 Å². The van der Waals surface area contributed by atoms with Gasteiger partial charge in [-0.3, -0.25) is 0 Å². The molecule has 0 unspecified atom stereocenters. The molecule has 0 bridgehead atoms. The first-order chi connectivity index (χ1) is 11.8. The minimum atomic E-state index is 0.659. The molecule has 3 aromatic rings. The maximum absolute atomic E-state index is 5.42.